The van der Waals surface area contributed by atoms with E-state index < -0.39 is 0 Å². The van der Waals surface area contributed by atoms with E-state index in [9.17, 15) is 4.79 Å². The summed E-state index contributed by atoms with van der Waals surface area (Å²) in [5.74, 6) is -0.00856. The fourth-order valence-corrected chi connectivity index (χ4v) is 2.95. The molecule has 0 aliphatic carbocycles. The van der Waals surface area contributed by atoms with Gasteiger partial charge in [-0.2, -0.15) is 0 Å². The molecule has 2 N–H and O–H groups in total. The Morgan fingerprint density at radius 3 is 2.95 bits per heavy atom. The van der Waals surface area contributed by atoms with Crippen molar-refractivity contribution >= 4 is 11.6 Å². The van der Waals surface area contributed by atoms with Gasteiger partial charge in [0.15, 0.2) is 0 Å². The Morgan fingerprint density at radius 1 is 1.20 bits per heavy atom. The highest BCUT2D eigenvalue weighted by Crippen LogP contribution is 2.23. The molecule has 1 amide bonds. The van der Waals surface area contributed by atoms with Gasteiger partial charge in [-0.3, -0.25) is 4.79 Å². The first-order chi connectivity index (χ1) is 9.83. The van der Waals surface area contributed by atoms with Crippen LogP contribution in [0.1, 0.15) is 31.2 Å². The number of nitrogens with one attached hydrogen (secondary N) is 2. The molecule has 0 spiro atoms. The standard InChI is InChI=1S/C16H22N2O2/c19-16-15(20-11-13-6-3-4-10-17-13)9-8-12-5-1-2-7-14(12)18-16/h1-2,5,7,13,15,17H,3-4,6,8-11H2,(H,18,19). The molecular weight excluding hydrogens is 252 g/mol. The number of carbonyl (C=O) groups excluding carboxylic acids is 1. The summed E-state index contributed by atoms with van der Waals surface area (Å²) in [4.78, 5) is 12.2. The maximum Gasteiger partial charge on any atom is 0.253 e. The molecule has 0 saturated carbocycles. The van der Waals surface area contributed by atoms with Gasteiger partial charge in [-0.1, -0.05) is 24.6 Å². The van der Waals surface area contributed by atoms with Crippen molar-refractivity contribution in [2.24, 2.45) is 0 Å². The van der Waals surface area contributed by atoms with Crippen LogP contribution in [0.15, 0.2) is 24.3 Å². The van der Waals surface area contributed by atoms with Crippen molar-refractivity contribution in [2.75, 3.05) is 18.5 Å². The van der Waals surface area contributed by atoms with Crippen LogP contribution in [0.5, 0.6) is 0 Å². The molecule has 1 aromatic rings. The smallest absolute Gasteiger partial charge is 0.253 e. The van der Waals surface area contributed by atoms with Crippen molar-refractivity contribution in [1.82, 2.24) is 5.32 Å². The lowest BCUT2D eigenvalue weighted by molar-refractivity contribution is -0.128. The Hall–Kier alpha value is -1.39. The fourth-order valence-electron chi connectivity index (χ4n) is 2.95. The Balaban J connectivity index is 1.57. The number of benzene rings is 1. The summed E-state index contributed by atoms with van der Waals surface area (Å²) in [5, 5.41) is 6.43. The molecule has 2 heterocycles. The quantitative estimate of drug-likeness (QED) is 0.887. The largest absolute Gasteiger partial charge is 0.367 e. The summed E-state index contributed by atoms with van der Waals surface area (Å²) in [5.41, 5.74) is 2.13. The van der Waals surface area contributed by atoms with Crippen LogP contribution in [0, 0.1) is 0 Å². The van der Waals surface area contributed by atoms with Crippen LogP contribution in [0.3, 0.4) is 0 Å². The lowest BCUT2D eigenvalue weighted by Crippen LogP contribution is -2.40. The zero-order valence-corrected chi connectivity index (χ0v) is 11.7. The molecule has 108 valence electrons. The van der Waals surface area contributed by atoms with Crippen molar-refractivity contribution in [3.63, 3.8) is 0 Å². The number of fused-ring (bicyclic) bond motifs is 1. The Bertz CT molecular complexity index is 469. The minimum Gasteiger partial charge on any atom is -0.367 e. The first kappa shape index (κ1) is 13.6. The molecule has 1 saturated heterocycles. The third-order valence-electron chi connectivity index (χ3n) is 4.15. The number of aryl methyl sites for hydroxylation is 1. The average molecular weight is 274 g/mol. The first-order valence-corrected chi connectivity index (χ1v) is 7.57. The van der Waals surface area contributed by atoms with Crippen molar-refractivity contribution in [3.8, 4) is 0 Å². The third-order valence-corrected chi connectivity index (χ3v) is 4.15. The van der Waals surface area contributed by atoms with Gasteiger partial charge < -0.3 is 15.4 Å². The molecule has 2 aliphatic heterocycles. The monoisotopic (exact) mass is 274 g/mol. The Morgan fingerprint density at radius 2 is 2.10 bits per heavy atom. The number of carbonyl (C=O) groups is 1. The molecule has 3 rings (SSSR count). The van der Waals surface area contributed by atoms with Crippen LogP contribution in [0.4, 0.5) is 5.69 Å². The van der Waals surface area contributed by atoms with Crippen LogP contribution in [0.2, 0.25) is 0 Å². The van der Waals surface area contributed by atoms with Gasteiger partial charge in [-0.15, -0.1) is 0 Å². The second kappa shape index (κ2) is 6.37. The molecule has 1 aromatic carbocycles. The summed E-state index contributed by atoms with van der Waals surface area (Å²) in [7, 11) is 0. The van der Waals surface area contributed by atoms with E-state index in [-0.39, 0.29) is 12.0 Å². The van der Waals surface area contributed by atoms with Gasteiger partial charge in [0.2, 0.25) is 0 Å². The van der Waals surface area contributed by atoms with E-state index in [4.69, 9.17) is 4.74 Å². The fraction of sp³-hybridized carbons (Fsp3) is 0.562. The molecule has 0 aromatic heterocycles. The molecular formula is C16H22N2O2. The molecule has 2 atom stereocenters. The van der Waals surface area contributed by atoms with Crippen LogP contribution in [-0.4, -0.2) is 31.2 Å². The second-order valence-electron chi connectivity index (χ2n) is 5.65. The summed E-state index contributed by atoms with van der Waals surface area (Å²) in [6, 6.07) is 8.39. The topological polar surface area (TPSA) is 50.4 Å². The van der Waals surface area contributed by atoms with Gasteiger partial charge in [0.25, 0.3) is 5.91 Å². The van der Waals surface area contributed by atoms with Crippen molar-refractivity contribution < 1.29 is 9.53 Å². The minimum atomic E-state index is -0.328. The maximum absolute atomic E-state index is 12.2. The summed E-state index contributed by atoms with van der Waals surface area (Å²) >= 11 is 0. The average Bonchev–Trinajstić information content (AvgIpc) is 2.65. The van der Waals surface area contributed by atoms with Crippen molar-refractivity contribution in [3.05, 3.63) is 29.8 Å². The van der Waals surface area contributed by atoms with Gasteiger partial charge >= 0.3 is 0 Å². The van der Waals surface area contributed by atoms with Crippen LogP contribution in [0.25, 0.3) is 0 Å². The third kappa shape index (κ3) is 3.19. The molecule has 2 unspecified atom stereocenters. The van der Waals surface area contributed by atoms with Gasteiger partial charge in [0.1, 0.15) is 6.10 Å². The lowest BCUT2D eigenvalue weighted by atomic mass is 10.1. The van der Waals surface area contributed by atoms with Gasteiger partial charge in [-0.25, -0.2) is 0 Å². The number of amides is 1. The SMILES string of the molecule is O=C1Nc2ccccc2CCC1OCC1CCCCN1. The number of rotatable bonds is 3. The summed E-state index contributed by atoms with van der Waals surface area (Å²) in [6.07, 6.45) is 4.96. The van der Waals surface area contributed by atoms with Gasteiger partial charge in [-0.05, 0) is 43.9 Å². The number of hydrogen-bond donors (Lipinski definition) is 2. The van der Waals surface area contributed by atoms with Crippen LogP contribution >= 0.6 is 0 Å². The number of piperidine rings is 1. The first-order valence-electron chi connectivity index (χ1n) is 7.57. The second-order valence-corrected chi connectivity index (χ2v) is 5.65. The van der Waals surface area contributed by atoms with Crippen LogP contribution in [-0.2, 0) is 16.0 Å². The highest BCUT2D eigenvalue weighted by molar-refractivity contribution is 5.95. The number of anilines is 1. The molecule has 0 radical (unpaired) electrons. The predicted molar refractivity (Wildman–Crippen MR) is 78.8 cm³/mol. The predicted octanol–water partition coefficient (Wildman–Crippen LogP) is 2.10. The Labute approximate surface area is 119 Å². The normalized spacial score (nSPS) is 26.5. The molecule has 4 heteroatoms. The molecule has 4 nitrogen and oxygen atoms in total. The van der Waals surface area contributed by atoms with E-state index in [0.717, 1.165) is 31.5 Å². The van der Waals surface area contributed by atoms with Crippen molar-refractivity contribution in [1.29, 1.82) is 0 Å². The van der Waals surface area contributed by atoms with E-state index >= 15 is 0 Å². The van der Waals surface area contributed by atoms with E-state index in [2.05, 4.69) is 16.7 Å². The van der Waals surface area contributed by atoms with E-state index in [0.29, 0.717) is 12.6 Å². The lowest BCUT2D eigenvalue weighted by Gasteiger charge is -2.25. The summed E-state index contributed by atoms with van der Waals surface area (Å²) < 4.78 is 5.87. The number of para-hydroxylation sites is 1. The van der Waals surface area contributed by atoms with Gasteiger partial charge in [0.05, 0.1) is 6.61 Å². The minimum absolute atomic E-state index is 0.00856. The maximum atomic E-state index is 12.2. The zero-order valence-electron chi connectivity index (χ0n) is 11.7. The van der Waals surface area contributed by atoms with Gasteiger partial charge in [0, 0.05) is 11.7 Å². The number of ether oxygens (including phenoxy) is 1. The molecule has 1 fully saturated rings. The summed E-state index contributed by atoms with van der Waals surface area (Å²) in [6.45, 7) is 1.70. The molecule has 20 heavy (non-hydrogen) atoms. The number of hydrogen-bond acceptors (Lipinski definition) is 3. The van der Waals surface area contributed by atoms with E-state index in [1.807, 2.05) is 18.2 Å². The van der Waals surface area contributed by atoms with Crippen molar-refractivity contribution in [2.45, 2.75) is 44.2 Å². The Kier molecular flexibility index (Phi) is 4.33. The van der Waals surface area contributed by atoms with Crippen LogP contribution < -0.4 is 10.6 Å². The van der Waals surface area contributed by atoms with E-state index in [1.165, 1.54) is 18.4 Å². The highest BCUT2D eigenvalue weighted by atomic mass is 16.5. The molecule has 0 bridgehead atoms. The highest BCUT2D eigenvalue weighted by Gasteiger charge is 2.25. The van der Waals surface area contributed by atoms with E-state index in [1.54, 1.807) is 0 Å². The zero-order chi connectivity index (χ0) is 13.8. The molecule has 2 aliphatic rings.